The van der Waals surface area contributed by atoms with Crippen LogP contribution in [0.15, 0.2) is 144 Å². The largest absolute Gasteiger partial charge is 0.457 e. The summed E-state index contributed by atoms with van der Waals surface area (Å²) in [6.07, 6.45) is 2.97. The number of carbonyl (C=O) groups excluding carboxylic acids is 3. The van der Waals surface area contributed by atoms with E-state index in [1.165, 1.54) is 62.9 Å². The lowest BCUT2D eigenvalue weighted by Crippen LogP contribution is -2.19. The first-order valence-electron chi connectivity index (χ1n) is 17.5. The smallest absolute Gasteiger partial charge is 0.323 e. The number of hydrogen-bond donors (Lipinski definition) is 6. The van der Waals surface area contributed by atoms with Crippen LogP contribution in [0, 0.1) is 13.8 Å². The number of carbonyl (C=O) groups is 3. The fourth-order valence-corrected chi connectivity index (χ4v) is 5.61. The Morgan fingerprint density at radius 3 is 1.13 bits per heavy atom. The molecule has 0 saturated carbocycles. The molecule has 6 rings (SSSR count). The zero-order valence-electron chi connectivity index (χ0n) is 32.5. The highest BCUT2D eigenvalue weighted by atomic mass is 32.2. The topological polar surface area (TPSA) is 252 Å². The lowest BCUT2D eigenvalue weighted by Gasteiger charge is -2.11. The number of aromatic nitrogens is 2. The number of amides is 4. The molecule has 312 valence electrons. The Morgan fingerprint density at radius 1 is 0.500 bits per heavy atom. The van der Waals surface area contributed by atoms with E-state index in [0.29, 0.717) is 34.4 Å². The SMILES string of the molecule is CNC(=O)c1cc(Oc2ccc(NC(=O)Nc3ccc(Oc4ccnc(C(=O)NC)c4)cc3)cc2)ccn1.Cc1ccc(S(=O)(=O)O)cc1.Cc1ccc(S(=O)(=O)O)cc1. The van der Waals surface area contributed by atoms with Crippen LogP contribution in [-0.4, -0.2) is 67.8 Å². The first-order chi connectivity index (χ1) is 28.4. The van der Waals surface area contributed by atoms with Gasteiger partial charge >= 0.3 is 6.03 Å². The summed E-state index contributed by atoms with van der Waals surface area (Å²) in [5.74, 6) is 1.34. The number of nitrogens with one attached hydrogen (secondary N) is 4. The van der Waals surface area contributed by atoms with Crippen molar-refractivity contribution in [3.63, 3.8) is 0 Å². The zero-order valence-corrected chi connectivity index (χ0v) is 34.1. The molecule has 19 heteroatoms. The average Bonchev–Trinajstić information content (AvgIpc) is 3.22. The molecule has 0 aliphatic carbocycles. The molecule has 0 unspecified atom stereocenters. The van der Waals surface area contributed by atoms with Crippen molar-refractivity contribution in [2.24, 2.45) is 0 Å². The van der Waals surface area contributed by atoms with Gasteiger partial charge in [-0.1, -0.05) is 35.4 Å². The van der Waals surface area contributed by atoms with Gasteiger partial charge in [0.25, 0.3) is 32.1 Å². The van der Waals surface area contributed by atoms with E-state index >= 15 is 0 Å². The third kappa shape index (κ3) is 14.6. The van der Waals surface area contributed by atoms with Crippen molar-refractivity contribution in [3.8, 4) is 23.0 Å². The molecule has 6 N–H and O–H groups in total. The third-order valence-corrected chi connectivity index (χ3v) is 9.45. The van der Waals surface area contributed by atoms with Crippen molar-refractivity contribution in [3.05, 3.63) is 156 Å². The molecule has 0 spiro atoms. The van der Waals surface area contributed by atoms with Gasteiger partial charge in [-0.25, -0.2) is 4.79 Å². The van der Waals surface area contributed by atoms with Crippen molar-refractivity contribution >= 4 is 49.5 Å². The standard InChI is InChI=1S/C27H24N6O5.2C7H8O3S/c1-28-25(34)23-15-21(11-13-30-23)37-19-7-3-17(4-8-19)32-27(36)33-18-5-9-20(10-6-18)38-22-12-14-31-24(16-22)26(35)29-2;2*1-6-2-4-7(5-3-6)11(8,9)10/h3-16H,1-2H3,(H,28,34)(H,29,35)(H2,32,33,36);2*2-5H,1H3,(H,8,9,10). The average molecular weight is 857 g/mol. The van der Waals surface area contributed by atoms with Crippen molar-refractivity contribution in [2.75, 3.05) is 24.7 Å². The normalized spacial score (nSPS) is 10.6. The molecule has 0 aliphatic heterocycles. The summed E-state index contributed by atoms with van der Waals surface area (Å²) in [4.78, 5) is 43.7. The minimum absolute atomic E-state index is 0.0666. The second-order valence-electron chi connectivity index (χ2n) is 12.3. The van der Waals surface area contributed by atoms with Gasteiger partial charge in [-0.3, -0.25) is 28.7 Å². The first-order valence-corrected chi connectivity index (χ1v) is 20.4. The molecule has 17 nitrogen and oxygen atoms in total. The number of anilines is 2. The van der Waals surface area contributed by atoms with Gasteiger partial charge in [0.1, 0.15) is 34.4 Å². The van der Waals surface area contributed by atoms with Gasteiger partial charge < -0.3 is 30.7 Å². The lowest BCUT2D eigenvalue weighted by molar-refractivity contribution is 0.0950. The van der Waals surface area contributed by atoms with E-state index in [9.17, 15) is 31.2 Å². The van der Waals surface area contributed by atoms with Gasteiger partial charge in [0.15, 0.2) is 0 Å². The van der Waals surface area contributed by atoms with Crippen LogP contribution in [0.3, 0.4) is 0 Å². The Bertz CT molecular complexity index is 2440. The molecule has 2 aromatic heterocycles. The molecule has 6 aromatic rings. The van der Waals surface area contributed by atoms with Crippen LogP contribution in [0.5, 0.6) is 23.0 Å². The van der Waals surface area contributed by atoms with Gasteiger partial charge in [0, 0.05) is 50.0 Å². The molecule has 0 radical (unpaired) electrons. The van der Waals surface area contributed by atoms with Crippen LogP contribution in [0.2, 0.25) is 0 Å². The zero-order chi connectivity index (χ0) is 43.9. The Morgan fingerprint density at radius 2 is 0.833 bits per heavy atom. The van der Waals surface area contributed by atoms with Crippen LogP contribution >= 0.6 is 0 Å². The fraction of sp³-hybridized carbons (Fsp3) is 0.0976. The van der Waals surface area contributed by atoms with Crippen molar-refractivity contribution in [1.82, 2.24) is 20.6 Å². The fourth-order valence-electron chi connectivity index (χ4n) is 4.65. The number of rotatable bonds is 10. The van der Waals surface area contributed by atoms with Gasteiger partial charge in [-0.15, -0.1) is 0 Å². The number of hydrogen-bond acceptors (Lipinski definition) is 11. The predicted octanol–water partition coefficient (Wildman–Crippen LogP) is 6.91. The Kier molecular flexibility index (Phi) is 15.9. The number of nitrogens with zero attached hydrogens (tertiary/aromatic N) is 2. The van der Waals surface area contributed by atoms with Crippen molar-refractivity contribution < 1.29 is 49.8 Å². The summed E-state index contributed by atoms with van der Waals surface area (Å²) in [6.45, 7) is 3.68. The Balaban J connectivity index is 0.000000291. The maximum absolute atomic E-state index is 12.4. The molecular weight excluding hydrogens is 817 g/mol. The second-order valence-corrected chi connectivity index (χ2v) is 15.2. The number of urea groups is 1. The van der Waals surface area contributed by atoms with E-state index in [-0.39, 0.29) is 33.0 Å². The maximum Gasteiger partial charge on any atom is 0.323 e. The highest BCUT2D eigenvalue weighted by molar-refractivity contribution is 7.86. The summed E-state index contributed by atoms with van der Waals surface area (Å²) in [5.41, 5.74) is 3.51. The summed E-state index contributed by atoms with van der Waals surface area (Å²) in [7, 11) is -4.99. The number of pyridine rings is 2. The molecule has 0 saturated heterocycles. The lowest BCUT2D eigenvalue weighted by atomic mass is 10.2. The summed E-state index contributed by atoms with van der Waals surface area (Å²) in [5, 5.41) is 10.5. The molecule has 60 heavy (non-hydrogen) atoms. The van der Waals surface area contributed by atoms with Gasteiger partial charge in [0.2, 0.25) is 0 Å². The number of benzene rings is 4. The highest BCUT2D eigenvalue weighted by Gasteiger charge is 2.11. The Labute approximate surface area is 346 Å². The third-order valence-electron chi connectivity index (χ3n) is 7.72. The van der Waals surface area contributed by atoms with Crippen LogP contribution in [0.1, 0.15) is 32.1 Å². The van der Waals surface area contributed by atoms with Gasteiger partial charge in [-0.05, 0) is 98.8 Å². The van der Waals surface area contributed by atoms with Gasteiger partial charge in [-0.2, -0.15) is 16.8 Å². The van der Waals surface area contributed by atoms with Gasteiger partial charge in [0.05, 0.1) is 9.79 Å². The van der Waals surface area contributed by atoms with Crippen LogP contribution in [0.25, 0.3) is 0 Å². The monoisotopic (exact) mass is 856 g/mol. The minimum atomic E-state index is -4.02. The van der Waals surface area contributed by atoms with Crippen LogP contribution in [0.4, 0.5) is 16.2 Å². The summed E-state index contributed by atoms with van der Waals surface area (Å²) >= 11 is 0. The molecule has 0 bridgehead atoms. The predicted molar refractivity (Wildman–Crippen MR) is 223 cm³/mol. The summed E-state index contributed by atoms with van der Waals surface area (Å²) in [6, 6.07) is 31.4. The quantitative estimate of drug-likeness (QED) is 0.0768. The van der Waals surface area contributed by atoms with E-state index in [0.717, 1.165) is 11.1 Å². The van der Waals surface area contributed by atoms with E-state index in [1.54, 1.807) is 84.9 Å². The van der Waals surface area contributed by atoms with Crippen LogP contribution < -0.4 is 30.7 Å². The minimum Gasteiger partial charge on any atom is -0.457 e. The van der Waals surface area contributed by atoms with Crippen LogP contribution in [-0.2, 0) is 20.2 Å². The maximum atomic E-state index is 12.4. The molecule has 4 amide bonds. The van der Waals surface area contributed by atoms with Crippen molar-refractivity contribution in [1.29, 1.82) is 0 Å². The molecule has 0 fully saturated rings. The second kappa shape index (κ2) is 21.0. The van der Waals surface area contributed by atoms with Crippen molar-refractivity contribution in [2.45, 2.75) is 23.6 Å². The van der Waals surface area contributed by atoms with E-state index in [2.05, 4.69) is 31.2 Å². The molecule has 0 atom stereocenters. The highest BCUT2D eigenvalue weighted by Crippen LogP contribution is 2.25. The van der Waals surface area contributed by atoms with E-state index in [4.69, 9.17) is 18.6 Å². The molecule has 2 heterocycles. The summed E-state index contributed by atoms with van der Waals surface area (Å²) < 4.78 is 70.6. The van der Waals surface area contributed by atoms with E-state index in [1.807, 2.05) is 13.8 Å². The molecule has 4 aromatic carbocycles. The molecular formula is C41H40N6O11S2. The number of aryl methyl sites for hydroxylation is 2. The molecule has 0 aliphatic rings. The number of ether oxygens (including phenoxy) is 2. The Hall–Kier alpha value is -7.19. The van der Waals surface area contributed by atoms with E-state index < -0.39 is 26.3 Å². The first kappa shape index (κ1) is 45.5.